The van der Waals surface area contributed by atoms with Crippen LogP contribution in [-0.4, -0.2) is 26.8 Å². The van der Waals surface area contributed by atoms with Gasteiger partial charge in [-0.25, -0.2) is 4.79 Å². The zero-order chi connectivity index (χ0) is 20.4. The van der Waals surface area contributed by atoms with E-state index in [9.17, 15) is 4.79 Å². The van der Waals surface area contributed by atoms with E-state index in [0.717, 1.165) is 39.3 Å². The van der Waals surface area contributed by atoms with Crippen LogP contribution >= 0.6 is 0 Å². The second-order valence-corrected chi connectivity index (χ2v) is 6.21. The number of hydrogen-bond acceptors (Lipinski definition) is 4. The number of rotatable bonds is 8. The predicted molar refractivity (Wildman–Crippen MR) is 111 cm³/mol. The minimum atomic E-state index is -0.322. The van der Waals surface area contributed by atoms with Crippen molar-refractivity contribution in [3.8, 4) is 11.5 Å². The summed E-state index contributed by atoms with van der Waals surface area (Å²) in [5.74, 6) is 1.32. The molecule has 0 N–H and O–H groups in total. The van der Waals surface area contributed by atoms with Crippen LogP contribution in [0.25, 0.3) is 6.08 Å². The van der Waals surface area contributed by atoms with Crippen LogP contribution in [0.2, 0.25) is 0 Å². The van der Waals surface area contributed by atoms with Gasteiger partial charge in [0.25, 0.3) is 0 Å². The summed E-state index contributed by atoms with van der Waals surface area (Å²) < 4.78 is 15.9. The van der Waals surface area contributed by atoms with Crippen molar-refractivity contribution in [2.24, 2.45) is 0 Å². The van der Waals surface area contributed by atoms with E-state index >= 15 is 0 Å². The summed E-state index contributed by atoms with van der Waals surface area (Å²) in [4.78, 5) is 11.4. The molecular formula is C23H30O4. The van der Waals surface area contributed by atoms with Crippen molar-refractivity contribution in [1.29, 1.82) is 0 Å². The lowest BCUT2D eigenvalue weighted by molar-refractivity contribution is -0.137. The number of aryl methyl sites for hydroxylation is 1. The van der Waals surface area contributed by atoms with Gasteiger partial charge in [-0.3, -0.25) is 0 Å². The maximum Gasteiger partial charge on any atom is 0.330 e. The van der Waals surface area contributed by atoms with E-state index in [1.807, 2.05) is 64.1 Å². The Labute approximate surface area is 162 Å². The molecule has 146 valence electrons. The van der Waals surface area contributed by atoms with E-state index in [2.05, 4.69) is 0 Å². The number of esters is 1. The van der Waals surface area contributed by atoms with Crippen molar-refractivity contribution in [3.63, 3.8) is 0 Å². The van der Waals surface area contributed by atoms with Crippen molar-refractivity contribution >= 4 is 12.0 Å². The van der Waals surface area contributed by atoms with E-state index < -0.39 is 0 Å². The highest BCUT2D eigenvalue weighted by molar-refractivity contribution is 5.83. The first-order chi connectivity index (χ1) is 12.8. The first kappa shape index (κ1) is 22.3. The molecular weight excluding hydrogens is 340 g/mol. The average Bonchev–Trinajstić information content (AvgIpc) is 2.61. The van der Waals surface area contributed by atoms with Gasteiger partial charge in [0.05, 0.1) is 20.8 Å². The van der Waals surface area contributed by atoms with E-state index in [0.29, 0.717) is 6.61 Å². The molecule has 0 bridgehead atoms. The van der Waals surface area contributed by atoms with Gasteiger partial charge in [-0.2, -0.15) is 0 Å². The first-order valence-electron chi connectivity index (χ1n) is 8.94. The van der Waals surface area contributed by atoms with Gasteiger partial charge < -0.3 is 14.2 Å². The molecule has 4 heteroatoms. The summed E-state index contributed by atoms with van der Waals surface area (Å²) in [7, 11) is 3.33. The third-order valence-corrected chi connectivity index (χ3v) is 4.01. The molecule has 1 aromatic rings. The third kappa shape index (κ3) is 6.81. The fourth-order valence-electron chi connectivity index (χ4n) is 2.60. The standard InChI is InChI=1S/C23H30O4/c1-8-27-22(24)14-17(3)11-9-10-16(2)12-13-20-18(4)15-21(25-6)19(5)23(20)26-7/h9-15H,8H2,1-7H3/b11-9+,13-12+,16-10+,17-14+. The maximum absolute atomic E-state index is 11.4. The van der Waals surface area contributed by atoms with Gasteiger partial charge in [-0.05, 0) is 51.8 Å². The minimum Gasteiger partial charge on any atom is -0.496 e. The molecule has 1 aromatic carbocycles. The Bertz CT molecular complexity index is 780. The minimum absolute atomic E-state index is 0.322. The fraction of sp³-hybridized carbons (Fsp3) is 0.348. The van der Waals surface area contributed by atoms with Crippen LogP contribution in [0.3, 0.4) is 0 Å². The summed E-state index contributed by atoms with van der Waals surface area (Å²) >= 11 is 0. The Morgan fingerprint density at radius 1 is 1.07 bits per heavy atom. The molecule has 0 amide bonds. The normalized spacial score (nSPS) is 12.7. The predicted octanol–water partition coefficient (Wildman–Crippen LogP) is 5.35. The molecule has 4 nitrogen and oxygen atoms in total. The van der Waals surface area contributed by atoms with Crippen molar-refractivity contribution < 1.29 is 19.0 Å². The monoisotopic (exact) mass is 370 g/mol. The van der Waals surface area contributed by atoms with Crippen LogP contribution in [0.5, 0.6) is 11.5 Å². The Morgan fingerprint density at radius 2 is 1.78 bits per heavy atom. The molecule has 0 saturated carbocycles. The number of hydrogen-bond donors (Lipinski definition) is 0. The number of allylic oxidation sites excluding steroid dienone is 6. The second kappa shape index (κ2) is 11.1. The SMILES string of the molecule is CCOC(=O)/C=C(C)/C=C/C=C(C)/C=C/c1c(C)cc(OC)c(C)c1OC. The number of ether oxygens (including phenoxy) is 3. The van der Waals surface area contributed by atoms with Gasteiger partial charge in [0.2, 0.25) is 0 Å². The van der Waals surface area contributed by atoms with Crippen LogP contribution < -0.4 is 9.47 Å². The molecule has 0 aliphatic carbocycles. The Morgan fingerprint density at radius 3 is 2.37 bits per heavy atom. The highest BCUT2D eigenvalue weighted by atomic mass is 16.5. The van der Waals surface area contributed by atoms with Crippen LogP contribution in [0, 0.1) is 13.8 Å². The fourth-order valence-corrected chi connectivity index (χ4v) is 2.60. The highest BCUT2D eigenvalue weighted by Gasteiger charge is 2.12. The molecule has 0 aromatic heterocycles. The van der Waals surface area contributed by atoms with Crippen molar-refractivity contribution in [3.05, 3.63) is 64.3 Å². The van der Waals surface area contributed by atoms with E-state index in [-0.39, 0.29) is 5.97 Å². The van der Waals surface area contributed by atoms with Gasteiger partial charge in [0.15, 0.2) is 0 Å². The Kier molecular flexibility index (Phi) is 9.14. The van der Waals surface area contributed by atoms with Crippen molar-refractivity contribution in [2.45, 2.75) is 34.6 Å². The van der Waals surface area contributed by atoms with Gasteiger partial charge in [0, 0.05) is 17.2 Å². The number of methoxy groups -OCH3 is 2. The molecule has 0 saturated heterocycles. The van der Waals surface area contributed by atoms with E-state index in [1.165, 1.54) is 6.08 Å². The molecule has 0 radical (unpaired) electrons. The molecule has 0 spiro atoms. The van der Waals surface area contributed by atoms with Gasteiger partial charge >= 0.3 is 5.97 Å². The smallest absolute Gasteiger partial charge is 0.330 e. The maximum atomic E-state index is 11.4. The van der Waals surface area contributed by atoms with Crippen LogP contribution in [0.4, 0.5) is 0 Å². The lowest BCUT2D eigenvalue weighted by Gasteiger charge is -2.15. The second-order valence-electron chi connectivity index (χ2n) is 6.21. The molecule has 0 heterocycles. The molecule has 0 aliphatic rings. The van der Waals surface area contributed by atoms with E-state index in [1.54, 1.807) is 21.1 Å². The third-order valence-electron chi connectivity index (χ3n) is 4.01. The zero-order valence-corrected chi connectivity index (χ0v) is 17.4. The molecule has 0 unspecified atom stereocenters. The average molecular weight is 370 g/mol. The zero-order valence-electron chi connectivity index (χ0n) is 17.4. The Balaban J connectivity index is 2.97. The quantitative estimate of drug-likeness (QED) is 0.352. The summed E-state index contributed by atoms with van der Waals surface area (Å²) in [6.45, 7) is 10.1. The lowest BCUT2D eigenvalue weighted by Crippen LogP contribution is -1.99. The molecule has 0 fully saturated rings. The number of carbonyl (C=O) groups excluding carboxylic acids is 1. The topological polar surface area (TPSA) is 44.8 Å². The van der Waals surface area contributed by atoms with E-state index in [4.69, 9.17) is 14.2 Å². The number of carbonyl (C=O) groups is 1. The van der Waals surface area contributed by atoms with Crippen LogP contribution in [0.1, 0.15) is 37.5 Å². The van der Waals surface area contributed by atoms with Crippen LogP contribution in [-0.2, 0) is 9.53 Å². The first-order valence-corrected chi connectivity index (χ1v) is 8.94. The summed E-state index contributed by atoms with van der Waals surface area (Å²) in [6.07, 6.45) is 11.3. The van der Waals surface area contributed by atoms with Gasteiger partial charge in [0.1, 0.15) is 11.5 Å². The van der Waals surface area contributed by atoms with Gasteiger partial charge in [-0.15, -0.1) is 0 Å². The van der Waals surface area contributed by atoms with Gasteiger partial charge in [-0.1, -0.05) is 36.0 Å². The molecule has 1 rings (SSSR count). The van der Waals surface area contributed by atoms with Crippen molar-refractivity contribution in [1.82, 2.24) is 0 Å². The largest absolute Gasteiger partial charge is 0.496 e. The van der Waals surface area contributed by atoms with Crippen molar-refractivity contribution in [2.75, 3.05) is 20.8 Å². The number of benzene rings is 1. The lowest BCUT2D eigenvalue weighted by atomic mass is 10.0. The Hall–Kier alpha value is -2.75. The molecule has 27 heavy (non-hydrogen) atoms. The summed E-state index contributed by atoms with van der Waals surface area (Å²) in [5.41, 5.74) is 5.01. The summed E-state index contributed by atoms with van der Waals surface area (Å²) in [6, 6.07) is 2.01. The summed E-state index contributed by atoms with van der Waals surface area (Å²) in [5, 5.41) is 0. The highest BCUT2D eigenvalue weighted by Crippen LogP contribution is 2.35. The molecule has 0 aliphatic heterocycles. The molecule has 0 atom stereocenters. The van der Waals surface area contributed by atoms with Crippen LogP contribution in [0.15, 0.2) is 47.6 Å².